The van der Waals surface area contributed by atoms with Crippen LogP contribution in [0, 0.1) is 12.7 Å². The van der Waals surface area contributed by atoms with E-state index >= 15 is 0 Å². The van der Waals surface area contributed by atoms with Crippen molar-refractivity contribution in [2.24, 2.45) is 0 Å². The summed E-state index contributed by atoms with van der Waals surface area (Å²) < 4.78 is 40.6. The molecule has 0 fully saturated rings. The van der Waals surface area contributed by atoms with Crippen molar-refractivity contribution in [3.05, 3.63) is 82.6 Å². The van der Waals surface area contributed by atoms with Gasteiger partial charge in [0, 0.05) is 11.3 Å². The highest BCUT2D eigenvalue weighted by Crippen LogP contribution is 2.27. The third-order valence-corrected chi connectivity index (χ3v) is 5.84. The minimum Gasteiger partial charge on any atom is -0.506 e. The van der Waals surface area contributed by atoms with Gasteiger partial charge in [0.05, 0.1) is 10.7 Å². The van der Waals surface area contributed by atoms with Crippen LogP contribution in [0.1, 0.15) is 15.9 Å². The summed E-state index contributed by atoms with van der Waals surface area (Å²) in [7, 11) is -4.13. The van der Waals surface area contributed by atoms with Gasteiger partial charge in [-0.25, -0.2) is 12.8 Å². The van der Waals surface area contributed by atoms with Crippen LogP contribution in [0.4, 0.5) is 15.8 Å². The maximum absolute atomic E-state index is 13.0. The lowest BCUT2D eigenvalue weighted by Crippen LogP contribution is -2.16. The van der Waals surface area contributed by atoms with Crippen molar-refractivity contribution >= 4 is 38.9 Å². The van der Waals surface area contributed by atoms with Crippen LogP contribution in [-0.4, -0.2) is 19.4 Å². The van der Waals surface area contributed by atoms with Crippen molar-refractivity contribution in [1.29, 1.82) is 0 Å². The molecule has 29 heavy (non-hydrogen) atoms. The number of halogens is 2. The number of sulfonamides is 1. The van der Waals surface area contributed by atoms with Gasteiger partial charge in [-0.3, -0.25) is 9.52 Å². The molecule has 0 aromatic heterocycles. The Bertz CT molecular complexity index is 1180. The monoisotopic (exact) mass is 434 g/mol. The second-order valence-electron chi connectivity index (χ2n) is 6.23. The van der Waals surface area contributed by atoms with Crippen molar-refractivity contribution in [2.45, 2.75) is 11.8 Å². The Morgan fingerprint density at radius 3 is 2.38 bits per heavy atom. The molecule has 0 heterocycles. The molecule has 0 radical (unpaired) electrons. The third-order valence-electron chi connectivity index (χ3n) is 3.98. The molecule has 150 valence electrons. The quantitative estimate of drug-likeness (QED) is 0.513. The van der Waals surface area contributed by atoms with E-state index in [4.69, 9.17) is 11.6 Å². The summed E-state index contributed by atoms with van der Waals surface area (Å²) in [5, 5.41) is 12.4. The number of benzene rings is 3. The van der Waals surface area contributed by atoms with Crippen LogP contribution in [-0.2, 0) is 10.0 Å². The van der Waals surface area contributed by atoms with Gasteiger partial charge < -0.3 is 10.4 Å². The number of nitrogens with one attached hydrogen (secondary N) is 2. The zero-order valence-electron chi connectivity index (χ0n) is 15.1. The van der Waals surface area contributed by atoms with E-state index in [-0.39, 0.29) is 32.6 Å². The smallest absolute Gasteiger partial charge is 0.263 e. The zero-order valence-corrected chi connectivity index (χ0v) is 16.7. The zero-order chi connectivity index (χ0) is 21.2. The Labute approximate surface area is 172 Å². The molecule has 0 atom stereocenters. The van der Waals surface area contributed by atoms with E-state index in [9.17, 15) is 22.7 Å². The summed E-state index contributed by atoms with van der Waals surface area (Å²) in [4.78, 5) is 12.2. The molecule has 3 rings (SSSR count). The molecule has 0 aliphatic carbocycles. The van der Waals surface area contributed by atoms with Crippen molar-refractivity contribution < 1.29 is 22.7 Å². The first-order chi connectivity index (χ1) is 13.7. The van der Waals surface area contributed by atoms with Crippen LogP contribution in [0.25, 0.3) is 0 Å². The van der Waals surface area contributed by atoms with E-state index in [2.05, 4.69) is 10.0 Å². The van der Waals surface area contributed by atoms with Crippen molar-refractivity contribution in [2.75, 3.05) is 10.0 Å². The number of aryl methyl sites for hydroxylation is 1. The highest BCUT2D eigenvalue weighted by atomic mass is 35.5. The number of phenols is 1. The van der Waals surface area contributed by atoms with Crippen LogP contribution >= 0.6 is 11.6 Å². The van der Waals surface area contributed by atoms with Gasteiger partial charge in [0.1, 0.15) is 16.5 Å². The van der Waals surface area contributed by atoms with Gasteiger partial charge in [-0.1, -0.05) is 17.7 Å². The lowest BCUT2D eigenvalue weighted by Gasteiger charge is -2.12. The van der Waals surface area contributed by atoms with E-state index in [1.54, 1.807) is 13.0 Å². The Morgan fingerprint density at radius 2 is 1.72 bits per heavy atom. The Balaban J connectivity index is 1.88. The number of rotatable bonds is 5. The largest absolute Gasteiger partial charge is 0.506 e. The predicted molar refractivity (Wildman–Crippen MR) is 109 cm³/mol. The molecule has 0 unspecified atom stereocenters. The second kappa shape index (κ2) is 8.10. The average Bonchev–Trinajstić information content (AvgIpc) is 2.66. The molecule has 6 nitrogen and oxygen atoms in total. The Hall–Kier alpha value is -3.10. The Kier molecular flexibility index (Phi) is 5.76. The number of anilines is 2. The van der Waals surface area contributed by atoms with Gasteiger partial charge in [0.2, 0.25) is 0 Å². The molecule has 0 aliphatic rings. The molecular weight excluding hydrogens is 419 g/mol. The minimum absolute atomic E-state index is 0.0221. The van der Waals surface area contributed by atoms with Crippen molar-refractivity contribution in [3.8, 4) is 5.75 Å². The van der Waals surface area contributed by atoms with E-state index in [0.717, 1.165) is 23.8 Å². The number of aromatic hydroxyl groups is 1. The molecule has 0 saturated heterocycles. The molecule has 3 aromatic carbocycles. The molecule has 3 aromatic rings. The number of hydrogen-bond donors (Lipinski definition) is 3. The fourth-order valence-corrected chi connectivity index (χ4v) is 4.11. The molecular formula is C20H16ClFN2O4S. The van der Waals surface area contributed by atoms with Crippen LogP contribution in [0.5, 0.6) is 5.75 Å². The molecule has 0 bridgehead atoms. The van der Waals surface area contributed by atoms with E-state index < -0.39 is 21.7 Å². The summed E-state index contributed by atoms with van der Waals surface area (Å²) >= 11 is 6.03. The molecule has 0 spiro atoms. The second-order valence-corrected chi connectivity index (χ2v) is 8.29. The van der Waals surface area contributed by atoms with Gasteiger partial charge in [-0.05, 0) is 67.1 Å². The highest BCUT2D eigenvalue weighted by Gasteiger charge is 2.21. The lowest BCUT2D eigenvalue weighted by molar-refractivity contribution is 0.102. The van der Waals surface area contributed by atoms with E-state index in [1.807, 2.05) is 0 Å². The fraction of sp³-hybridized carbons (Fsp3) is 0.0500. The average molecular weight is 435 g/mol. The van der Waals surface area contributed by atoms with Crippen LogP contribution in [0.3, 0.4) is 0 Å². The Morgan fingerprint density at radius 1 is 1.03 bits per heavy atom. The lowest BCUT2D eigenvalue weighted by atomic mass is 10.2. The third kappa shape index (κ3) is 4.85. The standard InChI is InChI=1S/C20H16ClFN2O4S/c1-12-2-9-17(18(25)10-12)23-20(26)13-3-8-16(21)19(11-13)29(27,28)24-15-6-4-14(22)5-7-15/h2-11,24-25H,1H3,(H,23,26). The summed E-state index contributed by atoms with van der Waals surface area (Å²) in [6, 6.07) is 13.2. The maximum Gasteiger partial charge on any atom is 0.263 e. The number of carbonyl (C=O) groups excluding carboxylic acids is 1. The van der Waals surface area contributed by atoms with Gasteiger partial charge in [-0.15, -0.1) is 0 Å². The van der Waals surface area contributed by atoms with Crippen LogP contribution in [0.15, 0.2) is 65.6 Å². The van der Waals surface area contributed by atoms with E-state index in [1.165, 1.54) is 36.4 Å². The molecule has 3 N–H and O–H groups in total. The summed E-state index contributed by atoms with van der Waals surface area (Å²) in [5.41, 5.74) is 1.16. The first-order valence-electron chi connectivity index (χ1n) is 8.34. The van der Waals surface area contributed by atoms with Crippen molar-refractivity contribution in [1.82, 2.24) is 0 Å². The van der Waals surface area contributed by atoms with Crippen molar-refractivity contribution in [3.63, 3.8) is 0 Å². The fourth-order valence-electron chi connectivity index (χ4n) is 2.52. The van der Waals surface area contributed by atoms with Gasteiger partial charge >= 0.3 is 0 Å². The van der Waals surface area contributed by atoms with E-state index in [0.29, 0.717) is 0 Å². The highest BCUT2D eigenvalue weighted by molar-refractivity contribution is 7.92. The van der Waals surface area contributed by atoms with Gasteiger partial charge in [-0.2, -0.15) is 0 Å². The molecule has 9 heteroatoms. The number of carbonyl (C=O) groups is 1. The minimum atomic E-state index is -4.13. The van der Waals surface area contributed by atoms with Gasteiger partial charge in [0.25, 0.3) is 15.9 Å². The number of amides is 1. The summed E-state index contributed by atoms with van der Waals surface area (Å²) in [6.45, 7) is 1.79. The number of phenolic OH excluding ortho intramolecular Hbond substituents is 1. The topological polar surface area (TPSA) is 95.5 Å². The molecule has 1 amide bonds. The molecule has 0 saturated carbocycles. The first-order valence-corrected chi connectivity index (χ1v) is 10.2. The predicted octanol–water partition coefficient (Wildman–Crippen LogP) is 4.55. The SMILES string of the molecule is Cc1ccc(NC(=O)c2ccc(Cl)c(S(=O)(=O)Nc3ccc(F)cc3)c2)c(O)c1. The maximum atomic E-state index is 13.0. The van der Waals surface area contributed by atoms with Crippen LogP contribution in [0.2, 0.25) is 5.02 Å². The first kappa shape index (κ1) is 20.6. The van der Waals surface area contributed by atoms with Crippen LogP contribution < -0.4 is 10.0 Å². The molecule has 0 aliphatic heterocycles. The normalized spacial score (nSPS) is 11.1. The summed E-state index contributed by atoms with van der Waals surface area (Å²) in [6.07, 6.45) is 0. The van der Waals surface area contributed by atoms with Gasteiger partial charge in [0.15, 0.2) is 0 Å². The summed E-state index contributed by atoms with van der Waals surface area (Å²) in [5.74, 6) is -1.25. The number of hydrogen-bond acceptors (Lipinski definition) is 4.